The van der Waals surface area contributed by atoms with Crippen LogP contribution in [0.1, 0.15) is 38.3 Å². The summed E-state index contributed by atoms with van der Waals surface area (Å²) in [5.41, 5.74) is 3.36. The van der Waals surface area contributed by atoms with Crippen LogP contribution < -0.4 is 5.32 Å². The van der Waals surface area contributed by atoms with Crippen molar-refractivity contribution in [2.45, 2.75) is 46.6 Å². The van der Waals surface area contributed by atoms with E-state index < -0.39 is 0 Å². The molecule has 0 radical (unpaired) electrons. The van der Waals surface area contributed by atoms with Crippen molar-refractivity contribution in [1.82, 2.24) is 5.32 Å². The molecule has 1 aromatic carbocycles. The van der Waals surface area contributed by atoms with Gasteiger partial charge < -0.3 is 5.32 Å². The first-order valence-electron chi connectivity index (χ1n) is 6.82. The van der Waals surface area contributed by atoms with Crippen molar-refractivity contribution >= 4 is 0 Å². The second kappa shape index (κ2) is 4.81. The Morgan fingerprint density at radius 3 is 2.35 bits per heavy atom. The summed E-state index contributed by atoms with van der Waals surface area (Å²) in [5.74, 6) is 0.851. The van der Waals surface area contributed by atoms with Gasteiger partial charge in [-0.1, -0.05) is 50.6 Å². The summed E-state index contributed by atoms with van der Waals surface area (Å²) in [7, 11) is 0. The van der Waals surface area contributed by atoms with Crippen molar-refractivity contribution in [3.8, 4) is 0 Å². The Balaban J connectivity index is 2.00. The zero-order chi connectivity index (χ0) is 12.5. The highest BCUT2D eigenvalue weighted by molar-refractivity contribution is 5.23. The van der Waals surface area contributed by atoms with Crippen LogP contribution in [-0.4, -0.2) is 12.6 Å². The van der Waals surface area contributed by atoms with Crippen molar-refractivity contribution in [2.24, 2.45) is 11.3 Å². The summed E-state index contributed by atoms with van der Waals surface area (Å²) in [6.45, 7) is 10.2. The third kappa shape index (κ3) is 3.10. The van der Waals surface area contributed by atoms with E-state index in [1.165, 1.54) is 24.0 Å². The van der Waals surface area contributed by atoms with Crippen molar-refractivity contribution in [2.75, 3.05) is 6.54 Å². The van der Waals surface area contributed by atoms with Crippen molar-refractivity contribution in [3.05, 3.63) is 35.4 Å². The quantitative estimate of drug-likeness (QED) is 0.817. The average molecular weight is 231 g/mol. The molecule has 2 rings (SSSR count). The molecule has 1 heteroatoms. The van der Waals surface area contributed by atoms with Gasteiger partial charge in [-0.2, -0.15) is 0 Å². The van der Waals surface area contributed by atoms with Crippen LogP contribution in [0.25, 0.3) is 0 Å². The molecule has 0 heterocycles. The lowest BCUT2D eigenvalue weighted by Crippen LogP contribution is -2.34. The van der Waals surface area contributed by atoms with E-state index in [-0.39, 0.29) is 0 Å². The van der Waals surface area contributed by atoms with Crippen molar-refractivity contribution in [1.29, 1.82) is 0 Å². The molecule has 94 valence electrons. The Labute approximate surface area is 106 Å². The van der Waals surface area contributed by atoms with Gasteiger partial charge in [0.1, 0.15) is 0 Å². The van der Waals surface area contributed by atoms with Gasteiger partial charge in [0.05, 0.1) is 0 Å². The molecule has 0 saturated heterocycles. The van der Waals surface area contributed by atoms with E-state index in [1.807, 2.05) is 0 Å². The number of aryl methyl sites for hydroxylation is 1. The van der Waals surface area contributed by atoms with E-state index in [2.05, 4.69) is 57.3 Å². The standard InChI is InChI=1S/C16H25N/c1-5-17-15(14-11-16(14,3)4)10-13-8-6-12(2)7-9-13/h6-9,14-15,17H,5,10-11H2,1-4H3. The molecule has 1 saturated carbocycles. The van der Waals surface area contributed by atoms with Gasteiger partial charge in [0.25, 0.3) is 0 Å². The van der Waals surface area contributed by atoms with E-state index in [4.69, 9.17) is 0 Å². The highest BCUT2D eigenvalue weighted by Crippen LogP contribution is 2.54. The minimum Gasteiger partial charge on any atom is -0.314 e. The second-order valence-corrected chi connectivity index (χ2v) is 6.15. The fourth-order valence-corrected chi connectivity index (χ4v) is 2.79. The van der Waals surface area contributed by atoms with Gasteiger partial charge in [-0.25, -0.2) is 0 Å². The van der Waals surface area contributed by atoms with Crippen LogP contribution in [0.4, 0.5) is 0 Å². The van der Waals surface area contributed by atoms with E-state index in [0.29, 0.717) is 11.5 Å². The second-order valence-electron chi connectivity index (χ2n) is 6.15. The van der Waals surface area contributed by atoms with Gasteiger partial charge in [-0.3, -0.25) is 0 Å². The number of benzene rings is 1. The minimum absolute atomic E-state index is 0.553. The zero-order valence-electron chi connectivity index (χ0n) is 11.6. The SMILES string of the molecule is CCNC(Cc1ccc(C)cc1)C1CC1(C)C. The topological polar surface area (TPSA) is 12.0 Å². The van der Waals surface area contributed by atoms with Crippen LogP contribution >= 0.6 is 0 Å². The van der Waals surface area contributed by atoms with Gasteiger partial charge in [0, 0.05) is 6.04 Å². The summed E-state index contributed by atoms with van der Waals surface area (Å²) in [6, 6.07) is 9.63. The highest BCUT2D eigenvalue weighted by atomic mass is 14.9. The Morgan fingerprint density at radius 1 is 1.29 bits per heavy atom. The lowest BCUT2D eigenvalue weighted by atomic mass is 9.97. The van der Waals surface area contributed by atoms with Crippen molar-refractivity contribution < 1.29 is 0 Å². The molecule has 17 heavy (non-hydrogen) atoms. The third-order valence-corrected chi connectivity index (χ3v) is 4.12. The molecule has 0 aliphatic heterocycles. The molecule has 0 bridgehead atoms. The van der Waals surface area contributed by atoms with Crippen LogP contribution in [-0.2, 0) is 6.42 Å². The average Bonchev–Trinajstić information content (AvgIpc) is 2.90. The molecule has 0 spiro atoms. The molecule has 0 amide bonds. The normalized spacial score (nSPS) is 23.4. The van der Waals surface area contributed by atoms with Crippen molar-refractivity contribution in [3.63, 3.8) is 0 Å². The maximum atomic E-state index is 3.66. The first kappa shape index (κ1) is 12.6. The molecule has 0 aromatic heterocycles. The van der Waals surface area contributed by atoms with E-state index in [9.17, 15) is 0 Å². The van der Waals surface area contributed by atoms with Gasteiger partial charge in [-0.15, -0.1) is 0 Å². The number of nitrogens with one attached hydrogen (secondary N) is 1. The number of rotatable bonds is 5. The van der Waals surface area contributed by atoms with Crippen LogP contribution in [0, 0.1) is 18.3 Å². The fourth-order valence-electron chi connectivity index (χ4n) is 2.79. The maximum absolute atomic E-state index is 3.66. The van der Waals surface area contributed by atoms with E-state index >= 15 is 0 Å². The van der Waals surface area contributed by atoms with Gasteiger partial charge >= 0.3 is 0 Å². The summed E-state index contributed by atoms with van der Waals surface area (Å²) in [6.07, 6.45) is 2.54. The Hall–Kier alpha value is -0.820. The smallest absolute Gasteiger partial charge is 0.0141 e. The van der Waals surface area contributed by atoms with Crippen LogP contribution in [0.2, 0.25) is 0 Å². The number of likely N-dealkylation sites (N-methyl/N-ethyl adjacent to an activating group) is 1. The minimum atomic E-state index is 0.553. The Bertz CT molecular complexity index is 364. The molecule has 1 N–H and O–H groups in total. The molecule has 2 unspecified atom stereocenters. The van der Waals surface area contributed by atoms with E-state index in [1.54, 1.807) is 0 Å². The number of hydrogen-bond acceptors (Lipinski definition) is 1. The molecule has 1 fully saturated rings. The first-order chi connectivity index (χ1) is 8.03. The molecular formula is C16H25N. The number of hydrogen-bond donors (Lipinski definition) is 1. The largest absolute Gasteiger partial charge is 0.314 e. The molecule has 1 aliphatic carbocycles. The Morgan fingerprint density at radius 2 is 1.88 bits per heavy atom. The predicted octanol–water partition coefficient (Wildman–Crippen LogP) is 3.56. The lowest BCUT2D eigenvalue weighted by Gasteiger charge is -2.20. The van der Waals surface area contributed by atoms with Crippen LogP contribution in [0.15, 0.2) is 24.3 Å². The van der Waals surface area contributed by atoms with Gasteiger partial charge in [0.15, 0.2) is 0 Å². The predicted molar refractivity (Wildman–Crippen MR) is 74.2 cm³/mol. The zero-order valence-corrected chi connectivity index (χ0v) is 11.6. The van der Waals surface area contributed by atoms with Gasteiger partial charge in [-0.05, 0) is 43.2 Å². The van der Waals surface area contributed by atoms with Crippen LogP contribution in [0.5, 0.6) is 0 Å². The molecule has 1 aliphatic rings. The molecule has 1 aromatic rings. The summed E-state index contributed by atoms with van der Waals surface area (Å²) < 4.78 is 0. The van der Waals surface area contributed by atoms with Gasteiger partial charge in [0.2, 0.25) is 0 Å². The summed E-state index contributed by atoms with van der Waals surface area (Å²) in [4.78, 5) is 0. The third-order valence-electron chi connectivity index (χ3n) is 4.12. The molecular weight excluding hydrogens is 206 g/mol. The Kier molecular flexibility index (Phi) is 3.58. The van der Waals surface area contributed by atoms with E-state index in [0.717, 1.165) is 12.5 Å². The van der Waals surface area contributed by atoms with Crippen LogP contribution in [0.3, 0.4) is 0 Å². The summed E-state index contributed by atoms with van der Waals surface area (Å²) >= 11 is 0. The first-order valence-corrected chi connectivity index (χ1v) is 6.82. The monoisotopic (exact) mass is 231 g/mol. The summed E-state index contributed by atoms with van der Waals surface area (Å²) in [5, 5.41) is 3.66. The maximum Gasteiger partial charge on any atom is 0.0141 e. The highest BCUT2D eigenvalue weighted by Gasteiger charge is 2.49. The molecule has 1 nitrogen and oxygen atoms in total. The lowest BCUT2D eigenvalue weighted by molar-refractivity contribution is 0.409. The fraction of sp³-hybridized carbons (Fsp3) is 0.625. The molecule has 2 atom stereocenters.